The van der Waals surface area contributed by atoms with Crippen molar-refractivity contribution in [3.05, 3.63) is 23.1 Å². The fraction of sp³-hybridized carbons (Fsp3) is 0.529. The van der Waals surface area contributed by atoms with Gasteiger partial charge in [-0.3, -0.25) is 4.79 Å². The van der Waals surface area contributed by atoms with Crippen molar-refractivity contribution in [1.82, 2.24) is 20.3 Å². The average molecular weight is 345 g/mol. The highest BCUT2D eigenvalue weighted by molar-refractivity contribution is 7.99. The van der Waals surface area contributed by atoms with Gasteiger partial charge in [-0.2, -0.15) is 11.8 Å². The highest BCUT2D eigenvalue weighted by atomic mass is 32.2. The maximum absolute atomic E-state index is 12.4. The first-order valence-corrected chi connectivity index (χ1v) is 9.52. The number of nitrogens with one attached hydrogen (secondary N) is 1. The standard InChI is InChI=1S/C17H23N5OS/c1-4-5-18-17(23)15-20-14-13(11(2)10-12(3)19-14)16(21-15)22-6-8-24-9-7-22/h10H,4-9H2,1-3H3,(H,18,23). The minimum Gasteiger partial charge on any atom is -0.354 e. The van der Waals surface area contributed by atoms with Crippen molar-refractivity contribution in [3.63, 3.8) is 0 Å². The molecule has 0 spiro atoms. The Morgan fingerprint density at radius 2 is 2.00 bits per heavy atom. The number of fused-ring (bicyclic) bond motifs is 1. The van der Waals surface area contributed by atoms with E-state index in [0.717, 1.165) is 53.5 Å². The van der Waals surface area contributed by atoms with Gasteiger partial charge in [-0.05, 0) is 31.9 Å². The number of aromatic nitrogens is 3. The zero-order chi connectivity index (χ0) is 17.1. The van der Waals surface area contributed by atoms with Crippen LogP contribution in [0.3, 0.4) is 0 Å². The number of rotatable bonds is 4. The average Bonchev–Trinajstić information content (AvgIpc) is 2.59. The second kappa shape index (κ2) is 7.34. The second-order valence-electron chi connectivity index (χ2n) is 6.01. The molecule has 1 aliphatic rings. The summed E-state index contributed by atoms with van der Waals surface area (Å²) in [5.41, 5.74) is 2.61. The van der Waals surface area contributed by atoms with E-state index < -0.39 is 0 Å². The van der Waals surface area contributed by atoms with E-state index in [1.165, 1.54) is 0 Å². The van der Waals surface area contributed by atoms with Gasteiger partial charge in [0.2, 0.25) is 5.82 Å². The zero-order valence-corrected chi connectivity index (χ0v) is 15.2. The van der Waals surface area contributed by atoms with Crippen LogP contribution >= 0.6 is 11.8 Å². The van der Waals surface area contributed by atoms with Crippen LogP contribution in [0.2, 0.25) is 0 Å². The van der Waals surface area contributed by atoms with E-state index in [2.05, 4.69) is 32.1 Å². The van der Waals surface area contributed by atoms with Gasteiger partial charge in [-0.25, -0.2) is 15.0 Å². The first-order chi connectivity index (χ1) is 11.6. The Hall–Kier alpha value is -1.89. The molecule has 128 valence electrons. The van der Waals surface area contributed by atoms with Crippen molar-refractivity contribution in [1.29, 1.82) is 0 Å². The maximum Gasteiger partial charge on any atom is 0.289 e. The number of hydrogen-bond acceptors (Lipinski definition) is 6. The van der Waals surface area contributed by atoms with Crippen LogP contribution in [-0.2, 0) is 0 Å². The Morgan fingerprint density at radius 1 is 1.25 bits per heavy atom. The van der Waals surface area contributed by atoms with Gasteiger partial charge in [-0.1, -0.05) is 6.92 Å². The summed E-state index contributed by atoms with van der Waals surface area (Å²) in [7, 11) is 0. The predicted molar refractivity (Wildman–Crippen MR) is 99.0 cm³/mol. The lowest BCUT2D eigenvalue weighted by atomic mass is 10.1. The van der Waals surface area contributed by atoms with Crippen LogP contribution in [0.5, 0.6) is 0 Å². The highest BCUT2D eigenvalue weighted by Crippen LogP contribution is 2.28. The largest absolute Gasteiger partial charge is 0.354 e. The first kappa shape index (κ1) is 17.0. The van der Waals surface area contributed by atoms with Crippen LogP contribution < -0.4 is 10.2 Å². The molecule has 24 heavy (non-hydrogen) atoms. The molecule has 1 amide bonds. The summed E-state index contributed by atoms with van der Waals surface area (Å²) in [6.07, 6.45) is 0.881. The summed E-state index contributed by atoms with van der Waals surface area (Å²) in [6, 6.07) is 2.05. The van der Waals surface area contributed by atoms with Crippen LogP contribution in [0, 0.1) is 13.8 Å². The molecule has 0 unspecified atom stereocenters. The van der Waals surface area contributed by atoms with Crippen molar-refractivity contribution in [2.75, 3.05) is 36.0 Å². The molecule has 1 aliphatic heterocycles. The number of carbonyl (C=O) groups is 1. The number of nitrogens with zero attached hydrogens (tertiary/aromatic N) is 4. The van der Waals surface area contributed by atoms with E-state index >= 15 is 0 Å². The third kappa shape index (κ3) is 3.45. The van der Waals surface area contributed by atoms with Gasteiger partial charge in [0.25, 0.3) is 5.91 Å². The molecule has 2 aromatic rings. The Labute approximate surface area is 146 Å². The van der Waals surface area contributed by atoms with E-state index in [4.69, 9.17) is 0 Å². The van der Waals surface area contributed by atoms with Crippen LogP contribution in [0.1, 0.15) is 35.2 Å². The van der Waals surface area contributed by atoms with Gasteiger partial charge >= 0.3 is 0 Å². The lowest BCUT2D eigenvalue weighted by Gasteiger charge is -2.28. The number of thioether (sulfide) groups is 1. The molecule has 0 radical (unpaired) electrons. The van der Waals surface area contributed by atoms with Crippen molar-refractivity contribution < 1.29 is 4.79 Å². The molecule has 3 heterocycles. The number of pyridine rings is 1. The van der Waals surface area contributed by atoms with E-state index in [0.29, 0.717) is 12.2 Å². The summed E-state index contributed by atoms with van der Waals surface area (Å²) < 4.78 is 0. The molecule has 0 atom stereocenters. The van der Waals surface area contributed by atoms with Crippen molar-refractivity contribution in [3.8, 4) is 0 Å². The molecule has 0 aliphatic carbocycles. The first-order valence-electron chi connectivity index (χ1n) is 8.37. The molecule has 0 bridgehead atoms. The molecule has 0 saturated carbocycles. The molecule has 0 aromatic carbocycles. The SMILES string of the molecule is CCCNC(=O)c1nc(N2CCSCC2)c2c(C)cc(C)nc2n1. The predicted octanol–water partition coefficient (Wildman–Crippen LogP) is 2.33. The van der Waals surface area contributed by atoms with E-state index in [1.54, 1.807) is 0 Å². The van der Waals surface area contributed by atoms with Crippen molar-refractivity contribution in [2.45, 2.75) is 27.2 Å². The van der Waals surface area contributed by atoms with E-state index in [-0.39, 0.29) is 11.7 Å². The van der Waals surface area contributed by atoms with Gasteiger partial charge in [0.05, 0.1) is 5.39 Å². The third-order valence-electron chi connectivity index (χ3n) is 4.02. The van der Waals surface area contributed by atoms with Gasteiger partial charge in [0, 0.05) is 36.8 Å². The summed E-state index contributed by atoms with van der Waals surface area (Å²) in [5, 5.41) is 3.82. The van der Waals surface area contributed by atoms with E-state index in [1.807, 2.05) is 31.7 Å². The Balaban J connectivity index is 2.12. The lowest BCUT2D eigenvalue weighted by molar-refractivity contribution is 0.0943. The van der Waals surface area contributed by atoms with Crippen molar-refractivity contribution >= 4 is 34.5 Å². The van der Waals surface area contributed by atoms with Crippen molar-refractivity contribution in [2.24, 2.45) is 0 Å². The van der Waals surface area contributed by atoms with Crippen LogP contribution in [0.4, 0.5) is 5.82 Å². The number of amides is 1. The topological polar surface area (TPSA) is 71.0 Å². The summed E-state index contributed by atoms with van der Waals surface area (Å²) in [6.45, 7) is 8.50. The lowest BCUT2D eigenvalue weighted by Crippen LogP contribution is -2.34. The number of hydrogen-bond donors (Lipinski definition) is 1. The zero-order valence-electron chi connectivity index (χ0n) is 14.4. The van der Waals surface area contributed by atoms with E-state index in [9.17, 15) is 4.79 Å². The molecule has 3 rings (SSSR count). The number of carbonyl (C=O) groups excluding carboxylic acids is 1. The summed E-state index contributed by atoms with van der Waals surface area (Å²) >= 11 is 1.95. The fourth-order valence-corrected chi connectivity index (χ4v) is 3.78. The molecule has 1 saturated heterocycles. The Morgan fingerprint density at radius 3 is 2.71 bits per heavy atom. The summed E-state index contributed by atoms with van der Waals surface area (Å²) in [4.78, 5) is 28.2. The molecule has 6 nitrogen and oxygen atoms in total. The number of aryl methyl sites for hydroxylation is 2. The van der Waals surface area contributed by atoms with Crippen LogP contribution in [0.25, 0.3) is 11.0 Å². The smallest absolute Gasteiger partial charge is 0.289 e. The highest BCUT2D eigenvalue weighted by Gasteiger charge is 2.21. The molecular weight excluding hydrogens is 322 g/mol. The normalized spacial score (nSPS) is 14.9. The van der Waals surface area contributed by atoms with Crippen LogP contribution in [-0.4, -0.2) is 52.0 Å². The minimum atomic E-state index is -0.229. The Bertz CT molecular complexity index is 758. The van der Waals surface area contributed by atoms with Gasteiger partial charge in [0.1, 0.15) is 5.82 Å². The van der Waals surface area contributed by atoms with Crippen LogP contribution in [0.15, 0.2) is 6.07 Å². The molecule has 7 heteroatoms. The fourth-order valence-electron chi connectivity index (χ4n) is 2.88. The molecular formula is C17H23N5OS. The van der Waals surface area contributed by atoms with Gasteiger partial charge in [-0.15, -0.1) is 0 Å². The second-order valence-corrected chi connectivity index (χ2v) is 7.23. The third-order valence-corrected chi connectivity index (χ3v) is 4.96. The number of anilines is 1. The molecule has 1 N–H and O–H groups in total. The maximum atomic E-state index is 12.4. The molecule has 2 aromatic heterocycles. The summed E-state index contributed by atoms with van der Waals surface area (Å²) in [5.74, 6) is 2.96. The minimum absolute atomic E-state index is 0.210. The van der Waals surface area contributed by atoms with Gasteiger partial charge in [0.15, 0.2) is 5.65 Å². The Kier molecular flexibility index (Phi) is 5.18. The quantitative estimate of drug-likeness (QED) is 0.917. The molecule has 1 fully saturated rings. The van der Waals surface area contributed by atoms with Gasteiger partial charge < -0.3 is 10.2 Å². The monoisotopic (exact) mass is 345 g/mol.